The van der Waals surface area contributed by atoms with Gasteiger partial charge in [0.25, 0.3) is 0 Å². The molecular weight excluding hydrogens is 298 g/mol. The van der Waals surface area contributed by atoms with Crippen LogP contribution in [0.5, 0.6) is 0 Å². The van der Waals surface area contributed by atoms with Gasteiger partial charge in [0.1, 0.15) is 12.2 Å². The van der Waals surface area contributed by atoms with Gasteiger partial charge >= 0.3 is 11.9 Å². The fourth-order valence-electron chi connectivity index (χ4n) is 4.14. The number of hydrogen-bond donors (Lipinski definition) is 1. The number of esters is 2. The quantitative estimate of drug-likeness (QED) is 0.482. The lowest BCUT2D eigenvalue weighted by molar-refractivity contribution is -0.159. The van der Waals surface area contributed by atoms with Crippen LogP contribution in [0.1, 0.15) is 40.5 Å². The zero-order valence-corrected chi connectivity index (χ0v) is 14.0. The normalized spacial score (nSPS) is 37.5. The van der Waals surface area contributed by atoms with E-state index in [2.05, 4.69) is 11.9 Å². The largest absolute Gasteiger partial charge is 0.457 e. The number of carbonyl (C=O) groups excluding carboxylic acids is 3. The Balaban J connectivity index is 1.83. The predicted molar refractivity (Wildman–Crippen MR) is 81.1 cm³/mol. The molecule has 1 saturated heterocycles. The maximum Gasteiger partial charge on any atom is 0.333 e. The third-order valence-corrected chi connectivity index (χ3v) is 5.05. The first-order valence-electron chi connectivity index (χ1n) is 7.96. The highest BCUT2D eigenvalue weighted by Crippen LogP contribution is 2.62. The average molecular weight is 321 g/mol. The third kappa shape index (κ3) is 2.26. The molecule has 0 aromatic rings. The Morgan fingerprint density at radius 2 is 2.04 bits per heavy atom. The Kier molecular flexibility index (Phi) is 3.36. The summed E-state index contributed by atoms with van der Waals surface area (Å²) in [5, 5.41) is 2.91. The van der Waals surface area contributed by atoms with Crippen molar-refractivity contribution in [1.82, 2.24) is 5.32 Å². The number of fused-ring (bicyclic) bond motifs is 1. The van der Waals surface area contributed by atoms with Crippen LogP contribution in [-0.4, -0.2) is 35.6 Å². The Labute approximate surface area is 135 Å². The zero-order chi connectivity index (χ0) is 17.2. The molecule has 0 aromatic heterocycles. The molecule has 2 aliphatic carbocycles. The van der Waals surface area contributed by atoms with E-state index in [-0.39, 0.29) is 17.7 Å². The van der Waals surface area contributed by atoms with Crippen LogP contribution in [0.25, 0.3) is 0 Å². The maximum absolute atomic E-state index is 12.7. The van der Waals surface area contributed by atoms with Crippen molar-refractivity contribution < 1.29 is 23.9 Å². The first kappa shape index (κ1) is 16.0. The van der Waals surface area contributed by atoms with Crippen molar-refractivity contribution in [1.29, 1.82) is 0 Å². The van der Waals surface area contributed by atoms with Crippen molar-refractivity contribution in [3.63, 3.8) is 0 Å². The molecule has 2 saturated carbocycles. The van der Waals surface area contributed by atoms with Crippen LogP contribution in [-0.2, 0) is 23.9 Å². The second kappa shape index (κ2) is 4.82. The van der Waals surface area contributed by atoms with Gasteiger partial charge in [-0.05, 0) is 40.5 Å². The van der Waals surface area contributed by atoms with Crippen molar-refractivity contribution in [3.05, 3.63) is 12.2 Å². The molecule has 23 heavy (non-hydrogen) atoms. The lowest BCUT2D eigenvalue weighted by atomic mass is 9.72. The predicted octanol–water partition coefficient (Wildman–Crippen LogP) is 1.34. The van der Waals surface area contributed by atoms with E-state index in [4.69, 9.17) is 9.47 Å². The highest BCUT2D eigenvalue weighted by atomic mass is 16.6. The molecular formula is C17H23NO5. The van der Waals surface area contributed by atoms with E-state index < -0.39 is 35.1 Å². The molecule has 0 aromatic carbocycles. The van der Waals surface area contributed by atoms with Crippen molar-refractivity contribution in [2.45, 2.75) is 58.3 Å². The van der Waals surface area contributed by atoms with Crippen molar-refractivity contribution in [3.8, 4) is 0 Å². The van der Waals surface area contributed by atoms with Gasteiger partial charge in [0, 0.05) is 22.9 Å². The summed E-state index contributed by atoms with van der Waals surface area (Å²) < 4.78 is 10.9. The van der Waals surface area contributed by atoms with Crippen LogP contribution in [0, 0.1) is 17.3 Å². The molecule has 1 amide bonds. The number of hydrogen-bond acceptors (Lipinski definition) is 5. The molecule has 0 radical (unpaired) electrons. The summed E-state index contributed by atoms with van der Waals surface area (Å²) in [5.41, 5.74) is -1.22. The molecule has 5 atom stereocenters. The summed E-state index contributed by atoms with van der Waals surface area (Å²) in [7, 11) is 0. The molecule has 2 bridgehead atoms. The summed E-state index contributed by atoms with van der Waals surface area (Å²) in [6, 6.07) is 0. The zero-order valence-electron chi connectivity index (χ0n) is 14.0. The number of amides is 1. The lowest BCUT2D eigenvalue weighted by Crippen LogP contribution is -2.54. The Morgan fingerprint density at radius 3 is 2.61 bits per heavy atom. The molecule has 1 N–H and O–H groups in total. The summed E-state index contributed by atoms with van der Waals surface area (Å²) >= 11 is 0. The highest BCUT2D eigenvalue weighted by Gasteiger charge is 2.74. The van der Waals surface area contributed by atoms with Gasteiger partial charge in [-0.15, -0.1) is 0 Å². The van der Waals surface area contributed by atoms with Crippen molar-refractivity contribution in [2.75, 3.05) is 0 Å². The van der Waals surface area contributed by atoms with E-state index in [0.717, 1.165) is 0 Å². The lowest BCUT2D eigenvalue weighted by Gasteiger charge is -2.33. The molecule has 3 fully saturated rings. The van der Waals surface area contributed by atoms with Crippen LogP contribution in [0.4, 0.5) is 0 Å². The van der Waals surface area contributed by atoms with Crippen LogP contribution in [0.15, 0.2) is 12.2 Å². The minimum atomic E-state index is -1.12. The fraction of sp³-hybridized carbons (Fsp3) is 0.706. The van der Waals surface area contributed by atoms with Gasteiger partial charge in [-0.2, -0.15) is 0 Å². The van der Waals surface area contributed by atoms with Gasteiger partial charge in [0.05, 0.1) is 0 Å². The smallest absolute Gasteiger partial charge is 0.333 e. The molecule has 126 valence electrons. The number of ether oxygens (including phenoxy) is 2. The highest BCUT2D eigenvalue weighted by molar-refractivity contribution is 6.05. The van der Waals surface area contributed by atoms with Crippen LogP contribution in [0.2, 0.25) is 0 Å². The summed E-state index contributed by atoms with van der Waals surface area (Å²) in [4.78, 5) is 37.0. The van der Waals surface area contributed by atoms with Crippen LogP contribution >= 0.6 is 0 Å². The van der Waals surface area contributed by atoms with E-state index in [1.165, 1.54) is 0 Å². The number of carbonyl (C=O) groups is 3. The van der Waals surface area contributed by atoms with E-state index in [1.807, 2.05) is 20.8 Å². The topological polar surface area (TPSA) is 81.7 Å². The van der Waals surface area contributed by atoms with E-state index >= 15 is 0 Å². The van der Waals surface area contributed by atoms with Crippen molar-refractivity contribution in [2.24, 2.45) is 17.3 Å². The standard InChI is InChI=1S/C17H23NO5/c1-8(2)13(19)22-11-9-6-10-12(11)23-15(21)17(10,7-9)14(20)18-16(3,4)5/h9-12H,1,6-7H2,2-5H3,(H,18,20). The number of rotatable bonds is 3. The Bertz CT molecular complexity index is 605. The molecule has 0 spiro atoms. The molecule has 5 unspecified atom stereocenters. The minimum absolute atomic E-state index is 0.0227. The first-order chi connectivity index (χ1) is 10.6. The van der Waals surface area contributed by atoms with Gasteiger partial charge < -0.3 is 14.8 Å². The second-order valence-electron chi connectivity index (χ2n) is 8.00. The first-order valence-corrected chi connectivity index (χ1v) is 7.96. The average Bonchev–Trinajstić information content (AvgIpc) is 2.98. The van der Waals surface area contributed by atoms with E-state index in [1.54, 1.807) is 6.92 Å². The van der Waals surface area contributed by atoms with Gasteiger partial charge in [0.2, 0.25) is 5.91 Å². The van der Waals surface area contributed by atoms with Crippen molar-refractivity contribution >= 4 is 17.8 Å². The van der Waals surface area contributed by atoms with Crippen LogP contribution in [0.3, 0.4) is 0 Å². The summed E-state index contributed by atoms with van der Waals surface area (Å²) in [6.07, 6.45) is 0.0620. The Morgan fingerprint density at radius 1 is 1.39 bits per heavy atom. The van der Waals surface area contributed by atoms with Gasteiger partial charge in [0.15, 0.2) is 5.41 Å². The van der Waals surface area contributed by atoms with E-state index in [0.29, 0.717) is 18.4 Å². The SMILES string of the molecule is C=C(C)C(=O)OC1C2CC3C1OC(=O)C3(C(=O)NC(C)(C)C)C2. The summed E-state index contributed by atoms with van der Waals surface area (Å²) in [5.74, 6) is -1.47. The monoisotopic (exact) mass is 321 g/mol. The van der Waals surface area contributed by atoms with Gasteiger partial charge in [-0.1, -0.05) is 6.58 Å². The summed E-state index contributed by atoms with van der Waals surface area (Å²) in [6.45, 7) is 10.8. The van der Waals surface area contributed by atoms with Gasteiger partial charge in [-0.25, -0.2) is 4.79 Å². The van der Waals surface area contributed by atoms with E-state index in [9.17, 15) is 14.4 Å². The fourth-order valence-corrected chi connectivity index (χ4v) is 4.14. The molecule has 6 nitrogen and oxygen atoms in total. The van der Waals surface area contributed by atoms with Crippen LogP contribution < -0.4 is 5.32 Å². The minimum Gasteiger partial charge on any atom is -0.457 e. The Hall–Kier alpha value is -1.85. The van der Waals surface area contributed by atoms with Gasteiger partial charge in [-0.3, -0.25) is 9.59 Å². The molecule has 1 heterocycles. The molecule has 6 heteroatoms. The second-order valence-corrected chi connectivity index (χ2v) is 8.00. The molecule has 3 aliphatic rings. The molecule has 3 rings (SSSR count). The number of nitrogens with one attached hydrogen (secondary N) is 1. The maximum atomic E-state index is 12.7. The third-order valence-electron chi connectivity index (χ3n) is 5.05. The molecule has 1 aliphatic heterocycles.